The van der Waals surface area contributed by atoms with Crippen molar-refractivity contribution in [2.45, 2.75) is 13.5 Å². The number of nitrogens with zero attached hydrogens (tertiary/aromatic N) is 4. The summed E-state index contributed by atoms with van der Waals surface area (Å²) in [6.45, 7) is 3.09. The number of hydrogen-bond acceptors (Lipinski definition) is 7. The van der Waals surface area contributed by atoms with E-state index in [0.29, 0.717) is 36.2 Å². The molecule has 0 spiro atoms. The molecule has 9 heteroatoms. The predicted octanol–water partition coefficient (Wildman–Crippen LogP) is 5.46. The fourth-order valence-corrected chi connectivity index (χ4v) is 4.05. The first-order chi connectivity index (χ1) is 18.1. The second-order valence-electron chi connectivity index (χ2n) is 8.01. The lowest BCUT2D eigenvalue weighted by atomic mass is 10.1. The number of carboxylic acids is 1. The van der Waals surface area contributed by atoms with E-state index in [9.17, 15) is 9.90 Å². The van der Waals surface area contributed by atoms with Crippen molar-refractivity contribution in [3.8, 4) is 34.4 Å². The van der Waals surface area contributed by atoms with E-state index in [4.69, 9.17) is 14.2 Å². The van der Waals surface area contributed by atoms with Crippen LogP contribution in [-0.4, -0.2) is 43.8 Å². The van der Waals surface area contributed by atoms with Crippen molar-refractivity contribution in [3.05, 3.63) is 91.1 Å². The van der Waals surface area contributed by atoms with Gasteiger partial charge in [-0.25, -0.2) is 9.78 Å². The van der Waals surface area contributed by atoms with Gasteiger partial charge < -0.3 is 23.9 Å². The first-order valence-corrected chi connectivity index (χ1v) is 11.7. The highest BCUT2D eigenvalue weighted by Gasteiger charge is 2.18. The van der Waals surface area contributed by atoms with Gasteiger partial charge in [0.1, 0.15) is 29.5 Å². The quantitative estimate of drug-likeness (QED) is 0.271. The Hall–Kier alpha value is -4.92. The third-order valence-electron chi connectivity index (χ3n) is 5.64. The molecular formula is C28H24N4O5. The highest BCUT2D eigenvalue weighted by Crippen LogP contribution is 2.31. The molecule has 0 aliphatic rings. The van der Waals surface area contributed by atoms with Crippen molar-refractivity contribution >= 4 is 16.9 Å². The van der Waals surface area contributed by atoms with E-state index in [0.717, 1.165) is 22.2 Å². The Kier molecular flexibility index (Phi) is 6.93. The summed E-state index contributed by atoms with van der Waals surface area (Å²) in [6, 6.07) is 18.2. The second-order valence-corrected chi connectivity index (χ2v) is 8.01. The van der Waals surface area contributed by atoms with Gasteiger partial charge in [0.25, 0.3) is 0 Å². The van der Waals surface area contributed by atoms with Gasteiger partial charge in [0.05, 0.1) is 30.6 Å². The fourth-order valence-electron chi connectivity index (χ4n) is 4.05. The van der Waals surface area contributed by atoms with Gasteiger partial charge in [0, 0.05) is 29.5 Å². The first kappa shape index (κ1) is 23.8. The monoisotopic (exact) mass is 496 g/mol. The lowest BCUT2D eigenvalue weighted by Gasteiger charge is -2.11. The number of fused-ring (bicyclic) bond motifs is 1. The third kappa shape index (κ3) is 5.35. The van der Waals surface area contributed by atoms with Crippen LogP contribution in [0.25, 0.3) is 22.2 Å². The summed E-state index contributed by atoms with van der Waals surface area (Å²) >= 11 is 0. The van der Waals surface area contributed by atoms with E-state index in [-0.39, 0.29) is 12.3 Å². The molecule has 0 radical (unpaired) electrons. The molecule has 37 heavy (non-hydrogen) atoms. The average molecular weight is 497 g/mol. The molecule has 2 aromatic carbocycles. The maximum Gasteiger partial charge on any atom is 0.352 e. The average Bonchev–Trinajstić information content (AvgIpc) is 3.30. The molecule has 0 atom stereocenters. The molecule has 0 saturated carbocycles. The maximum absolute atomic E-state index is 12.1. The van der Waals surface area contributed by atoms with Crippen molar-refractivity contribution in [1.29, 1.82) is 0 Å². The molecule has 0 fully saturated rings. The lowest BCUT2D eigenvalue weighted by molar-refractivity contribution is 0.0684. The molecule has 1 N–H and O–H groups in total. The Morgan fingerprint density at radius 3 is 2.51 bits per heavy atom. The van der Waals surface area contributed by atoms with Crippen molar-refractivity contribution in [3.63, 3.8) is 0 Å². The van der Waals surface area contributed by atoms with Crippen LogP contribution in [0.3, 0.4) is 0 Å². The Bertz CT molecular complexity index is 1520. The Balaban J connectivity index is 1.34. The number of carboxylic acid groups (broad SMARTS) is 1. The molecule has 0 aliphatic heterocycles. The van der Waals surface area contributed by atoms with E-state index in [1.807, 2.05) is 37.3 Å². The number of hydrogen-bond donors (Lipinski definition) is 1. The Labute approximate surface area is 212 Å². The molecule has 0 amide bonds. The highest BCUT2D eigenvalue weighted by atomic mass is 16.5. The molecule has 9 nitrogen and oxygen atoms in total. The van der Waals surface area contributed by atoms with Crippen molar-refractivity contribution in [2.24, 2.45) is 0 Å². The minimum Gasteiger partial charge on any atom is -0.494 e. The fraction of sp³-hybridized carbons (Fsp3) is 0.143. The summed E-state index contributed by atoms with van der Waals surface area (Å²) in [7, 11) is 0. The molecule has 5 rings (SSSR count). The van der Waals surface area contributed by atoms with E-state index >= 15 is 0 Å². The van der Waals surface area contributed by atoms with Gasteiger partial charge in [-0.05, 0) is 55.5 Å². The zero-order valence-corrected chi connectivity index (χ0v) is 20.1. The Morgan fingerprint density at radius 2 is 1.76 bits per heavy atom. The molecule has 0 aliphatic carbocycles. The minimum absolute atomic E-state index is 0.168. The summed E-state index contributed by atoms with van der Waals surface area (Å²) in [4.78, 5) is 24.7. The molecule has 0 unspecified atom stereocenters. The molecule has 186 valence electrons. The van der Waals surface area contributed by atoms with E-state index in [2.05, 4.69) is 15.0 Å². The van der Waals surface area contributed by atoms with Gasteiger partial charge >= 0.3 is 5.97 Å². The number of carbonyl (C=O) groups is 1. The van der Waals surface area contributed by atoms with E-state index in [1.54, 1.807) is 53.5 Å². The summed E-state index contributed by atoms with van der Waals surface area (Å²) in [6.07, 6.45) is 6.34. The number of ether oxygens (including phenoxy) is 3. The summed E-state index contributed by atoms with van der Waals surface area (Å²) in [5.74, 6) is 1.35. The lowest BCUT2D eigenvalue weighted by Crippen LogP contribution is -2.13. The molecule has 3 heterocycles. The van der Waals surface area contributed by atoms with Crippen LogP contribution in [0.15, 0.2) is 85.5 Å². The smallest absolute Gasteiger partial charge is 0.352 e. The topological polar surface area (TPSA) is 109 Å². The van der Waals surface area contributed by atoms with Crippen LogP contribution in [0.4, 0.5) is 0 Å². The van der Waals surface area contributed by atoms with Gasteiger partial charge in [0.15, 0.2) is 0 Å². The summed E-state index contributed by atoms with van der Waals surface area (Å²) in [5.41, 5.74) is 2.48. The van der Waals surface area contributed by atoms with Gasteiger partial charge in [-0.3, -0.25) is 9.97 Å². The van der Waals surface area contributed by atoms with Gasteiger partial charge in [0.2, 0.25) is 5.88 Å². The van der Waals surface area contributed by atoms with Crippen LogP contribution in [-0.2, 0) is 6.54 Å². The van der Waals surface area contributed by atoms with E-state index < -0.39 is 5.97 Å². The van der Waals surface area contributed by atoms with Crippen LogP contribution >= 0.6 is 0 Å². The Morgan fingerprint density at radius 1 is 0.919 bits per heavy atom. The van der Waals surface area contributed by atoms with Gasteiger partial charge in [-0.1, -0.05) is 12.1 Å². The maximum atomic E-state index is 12.1. The van der Waals surface area contributed by atoms with Gasteiger partial charge in [-0.15, -0.1) is 0 Å². The molecule has 0 bridgehead atoms. The van der Waals surface area contributed by atoms with Crippen molar-refractivity contribution in [1.82, 2.24) is 19.5 Å². The third-order valence-corrected chi connectivity index (χ3v) is 5.64. The number of aromatic carboxylic acids is 1. The summed E-state index contributed by atoms with van der Waals surface area (Å²) in [5, 5.41) is 10.6. The zero-order chi connectivity index (χ0) is 25.6. The van der Waals surface area contributed by atoms with Crippen molar-refractivity contribution in [2.75, 3.05) is 13.2 Å². The number of benzene rings is 2. The number of aromatic nitrogens is 4. The molecular weight excluding hydrogens is 472 g/mol. The van der Waals surface area contributed by atoms with Crippen LogP contribution in [0.5, 0.6) is 23.1 Å². The summed E-state index contributed by atoms with van der Waals surface area (Å²) < 4.78 is 18.9. The molecule has 5 aromatic rings. The second kappa shape index (κ2) is 10.8. The number of rotatable bonds is 10. The number of pyridine rings is 1. The molecule has 3 aromatic heterocycles. The largest absolute Gasteiger partial charge is 0.494 e. The van der Waals surface area contributed by atoms with Crippen LogP contribution in [0.2, 0.25) is 0 Å². The van der Waals surface area contributed by atoms with E-state index in [1.165, 1.54) is 6.20 Å². The van der Waals surface area contributed by atoms with Gasteiger partial charge in [-0.2, -0.15) is 0 Å². The standard InChI is InChI=1S/C28H24N4O5/c1-2-35-22-5-3-4-19(16-22)27-23-17-25(28(33)34)32(24(23)10-11-31-27)14-15-36-20-6-8-21(9-7-20)37-26-18-29-12-13-30-26/h3-13,16-18H,2,14-15H2,1H3,(H,33,34). The minimum atomic E-state index is -1.02. The SMILES string of the molecule is CCOc1cccc(-c2nccc3c2cc(C(=O)O)n3CCOc2ccc(Oc3cnccn3)cc2)c1. The van der Waals surface area contributed by atoms with Crippen molar-refractivity contribution < 1.29 is 24.1 Å². The molecule has 0 saturated heterocycles. The first-order valence-electron chi connectivity index (χ1n) is 11.7. The van der Waals surface area contributed by atoms with Crippen LogP contribution in [0.1, 0.15) is 17.4 Å². The van der Waals surface area contributed by atoms with Crippen LogP contribution in [0, 0.1) is 0 Å². The highest BCUT2D eigenvalue weighted by molar-refractivity contribution is 6.00. The van der Waals surface area contributed by atoms with Crippen LogP contribution < -0.4 is 14.2 Å². The predicted molar refractivity (Wildman–Crippen MR) is 137 cm³/mol. The zero-order valence-electron chi connectivity index (χ0n) is 20.1. The normalized spacial score (nSPS) is 10.8.